The number of likely N-dealkylation sites (N-methyl/N-ethyl adjacent to an activating group) is 1. The van der Waals surface area contributed by atoms with Crippen molar-refractivity contribution in [1.29, 1.82) is 0 Å². The Morgan fingerprint density at radius 1 is 1.87 bits per heavy atom. The van der Waals surface area contributed by atoms with Crippen LogP contribution in [-0.2, 0) is 4.79 Å². The van der Waals surface area contributed by atoms with Gasteiger partial charge in [0.05, 0.1) is 23.6 Å². The van der Waals surface area contributed by atoms with Crippen LogP contribution in [0.1, 0.15) is 11.7 Å². The van der Waals surface area contributed by atoms with Gasteiger partial charge in [0.25, 0.3) is 0 Å². The largest absolute Gasteiger partial charge is 0.480 e. The topological polar surface area (TPSA) is 95.2 Å². The first-order valence-corrected chi connectivity index (χ1v) is 4.63. The smallest absolute Gasteiger partial charge is 0.317 e. The summed E-state index contributed by atoms with van der Waals surface area (Å²) in [5.74, 6) is -0.932. The number of aliphatic carboxylic acids is 1. The van der Waals surface area contributed by atoms with Crippen LogP contribution in [0.3, 0.4) is 0 Å². The molecule has 0 radical (unpaired) electrons. The molecule has 0 bridgehead atoms. The van der Waals surface area contributed by atoms with Crippen LogP contribution >= 0.6 is 12.2 Å². The van der Waals surface area contributed by atoms with E-state index >= 15 is 0 Å². The van der Waals surface area contributed by atoms with Crippen molar-refractivity contribution in [3.8, 4) is 0 Å². The first kappa shape index (κ1) is 11.6. The Balaban J connectivity index is 2.84. The second-order valence-electron chi connectivity index (χ2n) is 3.12. The normalized spacial score (nSPS) is 12.7. The molecule has 1 heterocycles. The van der Waals surface area contributed by atoms with Gasteiger partial charge in [0.15, 0.2) is 0 Å². The lowest BCUT2D eigenvalue weighted by molar-refractivity contribution is -0.138. The summed E-state index contributed by atoms with van der Waals surface area (Å²) >= 11 is 4.89. The van der Waals surface area contributed by atoms with Crippen molar-refractivity contribution in [2.24, 2.45) is 5.73 Å². The number of carbonyl (C=O) groups is 1. The van der Waals surface area contributed by atoms with Gasteiger partial charge in [-0.15, -0.1) is 0 Å². The van der Waals surface area contributed by atoms with Crippen LogP contribution in [-0.4, -0.2) is 44.5 Å². The molecule has 0 spiro atoms. The van der Waals surface area contributed by atoms with Gasteiger partial charge in [-0.2, -0.15) is 0 Å². The van der Waals surface area contributed by atoms with Crippen LogP contribution in [0.15, 0.2) is 12.5 Å². The second-order valence-corrected chi connectivity index (χ2v) is 3.59. The van der Waals surface area contributed by atoms with E-state index in [0.29, 0.717) is 5.69 Å². The first-order chi connectivity index (χ1) is 7.02. The van der Waals surface area contributed by atoms with Crippen molar-refractivity contribution in [1.82, 2.24) is 14.9 Å². The lowest BCUT2D eigenvalue weighted by Gasteiger charge is -2.24. The average Bonchev–Trinajstić information content (AvgIpc) is 2.54. The van der Waals surface area contributed by atoms with Crippen molar-refractivity contribution in [3.05, 3.63) is 18.2 Å². The minimum absolute atomic E-state index is 0.138. The Hall–Kier alpha value is -1.47. The molecular weight excluding hydrogens is 216 g/mol. The lowest BCUT2D eigenvalue weighted by Crippen LogP contribution is -2.37. The van der Waals surface area contributed by atoms with E-state index in [4.69, 9.17) is 23.1 Å². The van der Waals surface area contributed by atoms with Gasteiger partial charge in [-0.1, -0.05) is 12.2 Å². The molecule has 0 amide bonds. The van der Waals surface area contributed by atoms with Crippen LogP contribution in [0, 0.1) is 0 Å². The summed E-state index contributed by atoms with van der Waals surface area (Å²) in [4.78, 5) is 19.0. The minimum atomic E-state index is -0.932. The van der Waals surface area contributed by atoms with E-state index in [0.717, 1.165) is 0 Å². The molecule has 0 aliphatic carbocycles. The molecule has 15 heavy (non-hydrogen) atoms. The number of rotatable bonds is 5. The minimum Gasteiger partial charge on any atom is -0.480 e. The van der Waals surface area contributed by atoms with E-state index in [9.17, 15) is 4.79 Å². The summed E-state index contributed by atoms with van der Waals surface area (Å²) in [6.45, 7) is -0.138. The molecule has 0 aliphatic heterocycles. The Morgan fingerprint density at radius 3 is 2.93 bits per heavy atom. The Kier molecular flexibility index (Phi) is 3.75. The number of carboxylic acids is 1. The zero-order valence-corrected chi connectivity index (χ0v) is 8.99. The number of imidazole rings is 1. The highest BCUT2D eigenvalue weighted by atomic mass is 32.1. The number of hydrogen-bond acceptors (Lipinski definition) is 4. The van der Waals surface area contributed by atoms with E-state index in [2.05, 4.69) is 9.97 Å². The van der Waals surface area contributed by atoms with Crippen LogP contribution < -0.4 is 5.73 Å². The van der Waals surface area contributed by atoms with E-state index in [1.807, 2.05) is 0 Å². The van der Waals surface area contributed by atoms with Crippen LogP contribution in [0.5, 0.6) is 0 Å². The summed E-state index contributed by atoms with van der Waals surface area (Å²) in [6.07, 6.45) is 3.07. The number of H-pyrrole nitrogens is 1. The maximum Gasteiger partial charge on any atom is 0.317 e. The quantitative estimate of drug-likeness (QED) is 0.602. The number of hydrogen-bond donors (Lipinski definition) is 3. The fourth-order valence-corrected chi connectivity index (χ4v) is 1.64. The molecule has 1 aromatic heterocycles. The Morgan fingerprint density at radius 2 is 2.53 bits per heavy atom. The predicted molar refractivity (Wildman–Crippen MR) is 58.4 cm³/mol. The number of nitrogens with zero attached hydrogens (tertiary/aromatic N) is 2. The van der Waals surface area contributed by atoms with Crippen molar-refractivity contribution in [2.45, 2.75) is 6.04 Å². The van der Waals surface area contributed by atoms with Crippen molar-refractivity contribution in [2.75, 3.05) is 13.6 Å². The van der Waals surface area contributed by atoms with Crippen molar-refractivity contribution in [3.63, 3.8) is 0 Å². The van der Waals surface area contributed by atoms with Crippen molar-refractivity contribution >= 4 is 23.2 Å². The summed E-state index contributed by atoms with van der Waals surface area (Å²) in [5.41, 5.74) is 6.24. The third-order valence-electron chi connectivity index (χ3n) is 1.91. The number of carboxylic acid groups (broad SMARTS) is 1. The fourth-order valence-electron chi connectivity index (χ4n) is 1.33. The summed E-state index contributed by atoms with van der Waals surface area (Å²) in [5, 5.41) is 8.66. The Labute approximate surface area is 92.1 Å². The van der Waals surface area contributed by atoms with Crippen LogP contribution in [0.4, 0.5) is 0 Å². The molecule has 6 nitrogen and oxygen atoms in total. The Bertz CT molecular complexity index is 352. The molecule has 1 rings (SSSR count). The van der Waals surface area contributed by atoms with Gasteiger partial charge in [0.1, 0.15) is 6.04 Å². The molecule has 0 saturated carbocycles. The van der Waals surface area contributed by atoms with Gasteiger partial charge in [-0.05, 0) is 7.05 Å². The van der Waals surface area contributed by atoms with E-state index in [1.165, 1.54) is 11.2 Å². The first-order valence-electron chi connectivity index (χ1n) is 4.22. The van der Waals surface area contributed by atoms with E-state index < -0.39 is 12.0 Å². The van der Waals surface area contributed by atoms with Gasteiger partial charge in [-0.25, -0.2) is 4.98 Å². The highest BCUT2D eigenvalue weighted by molar-refractivity contribution is 7.80. The zero-order chi connectivity index (χ0) is 11.4. The predicted octanol–water partition coefficient (Wildman–Crippen LogP) is -0.247. The molecule has 4 N–H and O–H groups in total. The van der Waals surface area contributed by atoms with Gasteiger partial charge < -0.3 is 15.8 Å². The zero-order valence-electron chi connectivity index (χ0n) is 8.17. The molecule has 0 fully saturated rings. The molecule has 1 aromatic rings. The summed E-state index contributed by atoms with van der Waals surface area (Å²) in [6, 6.07) is -0.432. The van der Waals surface area contributed by atoms with E-state index in [1.54, 1.807) is 13.2 Å². The second kappa shape index (κ2) is 4.85. The standard InChI is InChI=1S/C8H12N4O2S/c1-12(3-6(13)14)7(8(9)15)5-2-10-4-11-5/h2,4,7H,3H2,1H3,(H2,9,15)(H,10,11)(H,13,14). The molecule has 82 valence electrons. The van der Waals surface area contributed by atoms with Gasteiger partial charge in [0, 0.05) is 6.20 Å². The molecule has 0 aromatic carbocycles. The lowest BCUT2D eigenvalue weighted by atomic mass is 10.2. The highest BCUT2D eigenvalue weighted by Crippen LogP contribution is 2.16. The summed E-state index contributed by atoms with van der Waals surface area (Å²) < 4.78 is 0. The van der Waals surface area contributed by atoms with Crippen molar-refractivity contribution < 1.29 is 9.90 Å². The highest BCUT2D eigenvalue weighted by Gasteiger charge is 2.22. The monoisotopic (exact) mass is 228 g/mol. The third-order valence-corrected chi connectivity index (χ3v) is 2.13. The molecule has 1 unspecified atom stereocenters. The number of aromatic nitrogens is 2. The van der Waals surface area contributed by atoms with Crippen LogP contribution in [0.2, 0.25) is 0 Å². The fraction of sp³-hybridized carbons (Fsp3) is 0.375. The molecule has 0 saturated heterocycles. The number of nitrogens with one attached hydrogen (secondary N) is 1. The van der Waals surface area contributed by atoms with Gasteiger partial charge in [-0.3, -0.25) is 9.69 Å². The third kappa shape index (κ3) is 3.00. The SMILES string of the molecule is CN(CC(=O)O)C(C(N)=S)c1cnc[nH]1. The van der Waals surface area contributed by atoms with Gasteiger partial charge >= 0.3 is 5.97 Å². The average molecular weight is 228 g/mol. The van der Waals surface area contributed by atoms with E-state index in [-0.39, 0.29) is 11.5 Å². The van der Waals surface area contributed by atoms with Crippen LogP contribution in [0.25, 0.3) is 0 Å². The maximum absolute atomic E-state index is 10.6. The number of thiocarbonyl (C=S) groups is 1. The summed E-state index contributed by atoms with van der Waals surface area (Å²) in [7, 11) is 1.64. The molecule has 0 aliphatic rings. The van der Waals surface area contributed by atoms with Gasteiger partial charge in [0.2, 0.25) is 0 Å². The number of aromatic amines is 1. The molecular formula is C8H12N4O2S. The maximum atomic E-state index is 10.6. The molecule has 1 atom stereocenters. The number of nitrogens with two attached hydrogens (primary N) is 1. The molecule has 7 heteroatoms.